The van der Waals surface area contributed by atoms with Gasteiger partial charge in [-0.05, 0) is 19.1 Å². The fraction of sp³-hybridized carbons (Fsp3) is 0.278. The Labute approximate surface area is 163 Å². The van der Waals surface area contributed by atoms with Gasteiger partial charge in [-0.15, -0.1) is 0 Å². The Morgan fingerprint density at radius 1 is 1.25 bits per heavy atom. The number of methoxy groups -OCH3 is 1. The summed E-state index contributed by atoms with van der Waals surface area (Å²) in [7, 11) is -2.36. The third-order valence-corrected chi connectivity index (χ3v) is 5.27. The molecule has 0 aliphatic rings. The van der Waals surface area contributed by atoms with Crippen LogP contribution in [0.15, 0.2) is 48.5 Å². The van der Waals surface area contributed by atoms with E-state index in [0.29, 0.717) is 5.75 Å². The maximum Gasteiger partial charge on any atom is 0.271 e. The van der Waals surface area contributed by atoms with Crippen LogP contribution in [0.1, 0.15) is 12.5 Å². The largest absolute Gasteiger partial charge is 0.496 e. The zero-order chi connectivity index (χ0) is 20.9. The van der Waals surface area contributed by atoms with E-state index in [4.69, 9.17) is 4.74 Å². The van der Waals surface area contributed by atoms with Crippen molar-refractivity contribution in [2.24, 2.45) is 0 Å². The average molecular weight is 407 g/mol. The van der Waals surface area contributed by atoms with Gasteiger partial charge in [-0.25, -0.2) is 8.42 Å². The number of ether oxygens (including phenoxy) is 1. The number of carbonyl (C=O) groups is 1. The van der Waals surface area contributed by atoms with E-state index in [-0.39, 0.29) is 17.9 Å². The van der Waals surface area contributed by atoms with Crippen LogP contribution in [0.5, 0.6) is 5.75 Å². The number of nitrogens with zero attached hydrogens (tertiary/aromatic N) is 2. The van der Waals surface area contributed by atoms with Crippen LogP contribution in [0.2, 0.25) is 0 Å². The first-order valence-corrected chi connectivity index (χ1v) is 10.1. The zero-order valence-electron chi connectivity index (χ0n) is 15.7. The highest BCUT2D eigenvalue weighted by molar-refractivity contribution is 7.92. The summed E-state index contributed by atoms with van der Waals surface area (Å²) in [5.74, 6) is 0.0388. The molecular formula is C18H21N3O6S. The van der Waals surface area contributed by atoms with Crippen molar-refractivity contribution in [1.82, 2.24) is 5.32 Å². The molecule has 2 aromatic rings. The standard InChI is InChI=1S/C18H21N3O6S/c1-13(18(22)19-12-14-7-4-5-10-17(14)27-2)20(28(3,25)26)15-8-6-9-16(11-15)21(23)24/h4-11,13H,12H2,1-3H3,(H,19,22). The molecule has 0 radical (unpaired) electrons. The number of rotatable bonds is 8. The molecule has 0 saturated heterocycles. The van der Waals surface area contributed by atoms with Crippen LogP contribution in [0.3, 0.4) is 0 Å². The van der Waals surface area contributed by atoms with Gasteiger partial charge < -0.3 is 10.1 Å². The van der Waals surface area contributed by atoms with Gasteiger partial charge in [0.15, 0.2) is 0 Å². The van der Waals surface area contributed by atoms with Gasteiger partial charge in [0.1, 0.15) is 11.8 Å². The molecule has 1 unspecified atom stereocenters. The molecule has 0 aliphatic heterocycles. The first-order valence-electron chi connectivity index (χ1n) is 8.28. The molecule has 28 heavy (non-hydrogen) atoms. The van der Waals surface area contributed by atoms with Crippen molar-refractivity contribution in [3.63, 3.8) is 0 Å². The number of hydrogen-bond donors (Lipinski definition) is 1. The highest BCUT2D eigenvalue weighted by atomic mass is 32.2. The van der Waals surface area contributed by atoms with E-state index in [9.17, 15) is 23.3 Å². The lowest BCUT2D eigenvalue weighted by Crippen LogP contribution is -2.47. The van der Waals surface area contributed by atoms with Gasteiger partial charge in [-0.1, -0.05) is 24.3 Å². The summed E-state index contributed by atoms with van der Waals surface area (Å²) in [5, 5.41) is 13.7. The first kappa shape index (κ1) is 21.2. The predicted octanol–water partition coefficient (Wildman–Crippen LogP) is 2.07. The van der Waals surface area contributed by atoms with Gasteiger partial charge in [0.2, 0.25) is 15.9 Å². The Hall–Kier alpha value is -3.14. The van der Waals surface area contributed by atoms with E-state index in [1.807, 2.05) is 0 Å². The van der Waals surface area contributed by atoms with E-state index >= 15 is 0 Å². The molecule has 1 N–H and O–H groups in total. The Bertz CT molecular complexity index is 977. The lowest BCUT2D eigenvalue weighted by atomic mass is 10.2. The molecule has 2 rings (SSSR count). The zero-order valence-corrected chi connectivity index (χ0v) is 16.5. The molecule has 2 aromatic carbocycles. The Morgan fingerprint density at radius 3 is 2.54 bits per heavy atom. The molecule has 0 aromatic heterocycles. The number of nitro groups is 1. The van der Waals surface area contributed by atoms with E-state index in [0.717, 1.165) is 22.2 Å². The van der Waals surface area contributed by atoms with Gasteiger partial charge in [-0.3, -0.25) is 19.2 Å². The maximum absolute atomic E-state index is 12.6. The summed E-state index contributed by atoms with van der Waals surface area (Å²) < 4.78 is 30.7. The third-order valence-electron chi connectivity index (χ3n) is 4.03. The summed E-state index contributed by atoms with van der Waals surface area (Å²) in [6.07, 6.45) is 0.940. The van der Waals surface area contributed by atoms with Gasteiger partial charge in [0.25, 0.3) is 5.69 Å². The van der Waals surface area contributed by atoms with Crippen LogP contribution in [0.4, 0.5) is 11.4 Å². The fourth-order valence-electron chi connectivity index (χ4n) is 2.73. The quantitative estimate of drug-likeness (QED) is 0.529. The summed E-state index contributed by atoms with van der Waals surface area (Å²) >= 11 is 0. The molecule has 150 valence electrons. The number of benzene rings is 2. The van der Waals surface area contributed by atoms with Crippen LogP contribution >= 0.6 is 0 Å². The molecule has 0 fully saturated rings. The Kier molecular flexibility index (Phi) is 6.57. The molecular weight excluding hydrogens is 386 g/mol. The first-order chi connectivity index (χ1) is 13.1. The number of anilines is 1. The number of hydrogen-bond acceptors (Lipinski definition) is 6. The van der Waals surface area contributed by atoms with Crippen LogP contribution < -0.4 is 14.4 Å². The molecule has 9 nitrogen and oxygen atoms in total. The van der Waals surface area contributed by atoms with Crippen molar-refractivity contribution in [2.75, 3.05) is 17.7 Å². The fourth-order valence-corrected chi connectivity index (χ4v) is 3.90. The van der Waals surface area contributed by atoms with Gasteiger partial charge in [-0.2, -0.15) is 0 Å². The Morgan fingerprint density at radius 2 is 1.93 bits per heavy atom. The van der Waals surface area contributed by atoms with Crippen molar-refractivity contribution < 1.29 is 22.9 Å². The third kappa shape index (κ3) is 4.97. The number of amides is 1. The summed E-state index contributed by atoms with van der Waals surface area (Å²) in [6.45, 7) is 1.55. The SMILES string of the molecule is COc1ccccc1CNC(=O)C(C)N(c1cccc([N+](=O)[O-])c1)S(C)(=O)=O. The molecule has 1 atom stereocenters. The number of carbonyl (C=O) groups excluding carboxylic acids is 1. The highest BCUT2D eigenvalue weighted by Gasteiger charge is 2.30. The van der Waals surface area contributed by atoms with Crippen molar-refractivity contribution in [1.29, 1.82) is 0 Å². The topological polar surface area (TPSA) is 119 Å². The summed E-state index contributed by atoms with van der Waals surface area (Å²) in [6, 6.07) is 11.1. The smallest absolute Gasteiger partial charge is 0.271 e. The molecule has 0 spiro atoms. The normalized spacial score (nSPS) is 12.1. The molecule has 0 bridgehead atoms. The summed E-state index contributed by atoms with van der Waals surface area (Å²) in [5.41, 5.74) is 0.497. The van der Waals surface area contributed by atoms with E-state index in [1.165, 1.54) is 32.2 Å². The van der Waals surface area contributed by atoms with Crippen LogP contribution in [0.25, 0.3) is 0 Å². The minimum absolute atomic E-state index is 0.0386. The van der Waals surface area contributed by atoms with E-state index < -0.39 is 26.9 Å². The van der Waals surface area contributed by atoms with Gasteiger partial charge in [0.05, 0.1) is 24.0 Å². The number of para-hydroxylation sites is 1. The molecule has 0 heterocycles. The van der Waals surface area contributed by atoms with Crippen LogP contribution in [-0.4, -0.2) is 38.7 Å². The van der Waals surface area contributed by atoms with Crippen LogP contribution in [-0.2, 0) is 21.4 Å². The minimum atomic E-state index is -3.88. The number of nitro benzene ring substituents is 1. The van der Waals surface area contributed by atoms with Gasteiger partial charge >= 0.3 is 0 Å². The minimum Gasteiger partial charge on any atom is -0.496 e. The predicted molar refractivity (Wildman–Crippen MR) is 105 cm³/mol. The Balaban J connectivity index is 2.26. The lowest BCUT2D eigenvalue weighted by Gasteiger charge is -2.28. The second-order valence-electron chi connectivity index (χ2n) is 6.04. The summed E-state index contributed by atoms with van der Waals surface area (Å²) in [4.78, 5) is 23.0. The molecule has 1 amide bonds. The van der Waals surface area contributed by atoms with Crippen molar-refractivity contribution in [2.45, 2.75) is 19.5 Å². The monoisotopic (exact) mass is 407 g/mol. The lowest BCUT2D eigenvalue weighted by molar-refractivity contribution is -0.384. The van der Waals surface area contributed by atoms with E-state index in [2.05, 4.69) is 5.32 Å². The van der Waals surface area contributed by atoms with Crippen molar-refractivity contribution >= 4 is 27.3 Å². The maximum atomic E-state index is 12.6. The van der Waals surface area contributed by atoms with Crippen molar-refractivity contribution in [3.8, 4) is 5.75 Å². The van der Waals surface area contributed by atoms with E-state index in [1.54, 1.807) is 24.3 Å². The number of sulfonamides is 1. The molecule has 10 heteroatoms. The second-order valence-corrected chi connectivity index (χ2v) is 7.90. The number of non-ortho nitro benzene ring substituents is 1. The average Bonchev–Trinajstić information content (AvgIpc) is 2.65. The van der Waals surface area contributed by atoms with Crippen LogP contribution in [0, 0.1) is 10.1 Å². The number of nitrogens with one attached hydrogen (secondary N) is 1. The van der Waals surface area contributed by atoms with Crippen molar-refractivity contribution in [3.05, 3.63) is 64.2 Å². The van der Waals surface area contributed by atoms with Gasteiger partial charge in [0, 0.05) is 24.2 Å². The highest BCUT2D eigenvalue weighted by Crippen LogP contribution is 2.25. The molecule has 0 saturated carbocycles. The molecule has 0 aliphatic carbocycles. The second kappa shape index (κ2) is 8.70.